The number of nitrogens with two attached hydrogens (primary N) is 1. The van der Waals surface area contributed by atoms with E-state index in [1.165, 1.54) is 0 Å². The van der Waals surface area contributed by atoms with Crippen molar-refractivity contribution >= 4 is 10.2 Å². The van der Waals surface area contributed by atoms with Gasteiger partial charge in [-0.1, -0.05) is 6.42 Å². The van der Waals surface area contributed by atoms with E-state index in [4.69, 9.17) is 10.5 Å². The van der Waals surface area contributed by atoms with Crippen LogP contribution >= 0.6 is 0 Å². The molecule has 0 aromatic rings. The molecule has 0 bridgehead atoms. The van der Waals surface area contributed by atoms with Gasteiger partial charge in [-0.2, -0.15) is 17.0 Å². The predicted octanol–water partition coefficient (Wildman–Crippen LogP) is 0.155. The highest BCUT2D eigenvalue weighted by molar-refractivity contribution is 7.86. The Morgan fingerprint density at radius 2 is 1.84 bits per heavy atom. The van der Waals surface area contributed by atoms with E-state index in [1.54, 1.807) is 15.7 Å². The largest absolute Gasteiger partial charge is 0.381 e. The van der Waals surface area contributed by atoms with Gasteiger partial charge in [0.05, 0.1) is 6.10 Å². The molecule has 0 radical (unpaired) electrons. The van der Waals surface area contributed by atoms with Crippen molar-refractivity contribution in [2.45, 2.75) is 44.2 Å². The quantitative estimate of drug-likeness (QED) is 0.800. The Balaban J connectivity index is 2.05. The van der Waals surface area contributed by atoms with Crippen molar-refractivity contribution in [2.75, 3.05) is 33.3 Å². The first-order chi connectivity index (χ1) is 9.09. The first kappa shape index (κ1) is 15.2. The van der Waals surface area contributed by atoms with Crippen LogP contribution in [0.4, 0.5) is 0 Å². The molecular weight excluding hydrogens is 266 g/mol. The fourth-order valence-corrected chi connectivity index (χ4v) is 4.86. The standard InChI is InChI=1S/C12H25N3O3S/c1-18-12-5-8-14(9-6-12)19(16,17)15-7-3-2-4-11(15)10-13/h11-12H,2-10,13H2,1H3. The lowest BCUT2D eigenvalue weighted by molar-refractivity contribution is 0.0583. The SMILES string of the molecule is COC1CCN(S(=O)(=O)N2CCCCC2CN)CC1. The molecule has 1 atom stereocenters. The third-order valence-corrected chi connectivity index (χ3v) is 6.29. The number of hydrogen-bond acceptors (Lipinski definition) is 4. The summed E-state index contributed by atoms with van der Waals surface area (Å²) in [6.45, 7) is 2.12. The van der Waals surface area contributed by atoms with E-state index in [1.807, 2.05) is 0 Å². The van der Waals surface area contributed by atoms with Crippen molar-refractivity contribution in [1.29, 1.82) is 0 Å². The highest BCUT2D eigenvalue weighted by Crippen LogP contribution is 2.24. The fraction of sp³-hybridized carbons (Fsp3) is 1.00. The van der Waals surface area contributed by atoms with E-state index in [0.29, 0.717) is 26.2 Å². The van der Waals surface area contributed by atoms with Crippen LogP contribution in [0.5, 0.6) is 0 Å². The van der Waals surface area contributed by atoms with Gasteiger partial charge in [-0.05, 0) is 25.7 Å². The number of hydrogen-bond donors (Lipinski definition) is 1. The second-order valence-corrected chi connectivity index (χ2v) is 7.22. The lowest BCUT2D eigenvalue weighted by Crippen LogP contribution is -2.54. The van der Waals surface area contributed by atoms with Gasteiger partial charge >= 0.3 is 0 Å². The molecule has 0 saturated carbocycles. The Morgan fingerprint density at radius 3 is 2.42 bits per heavy atom. The summed E-state index contributed by atoms with van der Waals surface area (Å²) in [5.74, 6) is 0. The maximum absolute atomic E-state index is 12.7. The van der Waals surface area contributed by atoms with Crippen LogP contribution in [0, 0.1) is 0 Å². The van der Waals surface area contributed by atoms with Gasteiger partial charge in [-0.25, -0.2) is 0 Å². The minimum atomic E-state index is -3.35. The monoisotopic (exact) mass is 291 g/mol. The minimum Gasteiger partial charge on any atom is -0.381 e. The Labute approximate surface area is 116 Å². The number of piperidine rings is 2. The molecule has 112 valence electrons. The minimum absolute atomic E-state index is 0.0288. The molecule has 7 heteroatoms. The summed E-state index contributed by atoms with van der Waals surface area (Å²) in [5, 5.41) is 0. The van der Waals surface area contributed by atoms with E-state index in [0.717, 1.165) is 32.1 Å². The van der Waals surface area contributed by atoms with Gasteiger partial charge in [0.2, 0.25) is 0 Å². The second kappa shape index (κ2) is 6.49. The highest BCUT2D eigenvalue weighted by Gasteiger charge is 2.37. The summed E-state index contributed by atoms with van der Waals surface area (Å²) in [6, 6.07) is -0.0288. The first-order valence-electron chi connectivity index (χ1n) is 7.09. The molecule has 2 aliphatic heterocycles. The molecule has 0 spiro atoms. The van der Waals surface area contributed by atoms with Crippen molar-refractivity contribution in [1.82, 2.24) is 8.61 Å². The first-order valence-corrected chi connectivity index (χ1v) is 8.49. The normalized spacial score (nSPS) is 28.6. The second-order valence-electron chi connectivity index (χ2n) is 5.34. The zero-order valence-corrected chi connectivity index (χ0v) is 12.4. The van der Waals surface area contributed by atoms with Crippen molar-refractivity contribution in [2.24, 2.45) is 5.73 Å². The molecular formula is C12H25N3O3S. The Kier molecular flexibility index (Phi) is 5.19. The predicted molar refractivity (Wildman–Crippen MR) is 73.9 cm³/mol. The van der Waals surface area contributed by atoms with Crippen LogP contribution in [0.2, 0.25) is 0 Å². The number of ether oxygens (including phenoxy) is 1. The van der Waals surface area contributed by atoms with Gasteiger partial charge in [-0.3, -0.25) is 0 Å². The summed E-state index contributed by atoms with van der Waals surface area (Å²) >= 11 is 0. The van der Waals surface area contributed by atoms with Crippen LogP contribution < -0.4 is 5.73 Å². The Morgan fingerprint density at radius 1 is 1.16 bits per heavy atom. The molecule has 0 aliphatic carbocycles. The molecule has 2 fully saturated rings. The fourth-order valence-electron chi connectivity index (χ4n) is 2.96. The summed E-state index contributed by atoms with van der Waals surface area (Å²) in [5.41, 5.74) is 5.72. The summed E-state index contributed by atoms with van der Waals surface area (Å²) in [6.07, 6.45) is 4.63. The van der Waals surface area contributed by atoms with Gasteiger partial charge in [0.15, 0.2) is 0 Å². The maximum Gasteiger partial charge on any atom is 0.282 e. The molecule has 1 unspecified atom stereocenters. The molecule has 0 aromatic carbocycles. The molecule has 2 saturated heterocycles. The summed E-state index contributed by atoms with van der Waals surface area (Å²) < 4.78 is 33.8. The molecule has 19 heavy (non-hydrogen) atoms. The average molecular weight is 291 g/mol. The van der Waals surface area contributed by atoms with Crippen LogP contribution in [0.1, 0.15) is 32.1 Å². The van der Waals surface area contributed by atoms with Crippen molar-refractivity contribution < 1.29 is 13.2 Å². The maximum atomic E-state index is 12.7. The van der Waals surface area contributed by atoms with E-state index >= 15 is 0 Å². The van der Waals surface area contributed by atoms with Crippen LogP contribution in [0.3, 0.4) is 0 Å². The Bertz CT molecular complexity index is 380. The zero-order valence-electron chi connectivity index (χ0n) is 11.6. The van der Waals surface area contributed by atoms with E-state index in [-0.39, 0.29) is 12.1 Å². The molecule has 2 heterocycles. The van der Waals surface area contributed by atoms with Crippen LogP contribution in [-0.4, -0.2) is 62.5 Å². The molecule has 0 aromatic heterocycles. The molecule has 2 N–H and O–H groups in total. The van der Waals surface area contributed by atoms with Crippen LogP contribution in [0.15, 0.2) is 0 Å². The number of methoxy groups -OCH3 is 1. The van der Waals surface area contributed by atoms with Gasteiger partial charge in [-0.15, -0.1) is 0 Å². The highest BCUT2D eigenvalue weighted by atomic mass is 32.2. The van der Waals surface area contributed by atoms with Gasteiger partial charge in [0.25, 0.3) is 10.2 Å². The third kappa shape index (κ3) is 3.28. The van der Waals surface area contributed by atoms with Crippen LogP contribution in [-0.2, 0) is 14.9 Å². The molecule has 0 amide bonds. The summed E-state index contributed by atoms with van der Waals surface area (Å²) in [7, 11) is -1.66. The lowest BCUT2D eigenvalue weighted by Gasteiger charge is -2.39. The van der Waals surface area contributed by atoms with E-state index in [9.17, 15) is 8.42 Å². The third-order valence-electron chi connectivity index (χ3n) is 4.20. The molecule has 6 nitrogen and oxygen atoms in total. The summed E-state index contributed by atoms with van der Waals surface area (Å²) in [4.78, 5) is 0. The van der Waals surface area contributed by atoms with Gasteiger partial charge in [0, 0.05) is 39.3 Å². The van der Waals surface area contributed by atoms with E-state index in [2.05, 4.69) is 0 Å². The van der Waals surface area contributed by atoms with Gasteiger partial charge < -0.3 is 10.5 Å². The lowest BCUT2D eigenvalue weighted by atomic mass is 10.1. The molecule has 2 aliphatic rings. The van der Waals surface area contributed by atoms with Crippen molar-refractivity contribution in [3.8, 4) is 0 Å². The number of rotatable bonds is 4. The van der Waals surface area contributed by atoms with Crippen molar-refractivity contribution in [3.63, 3.8) is 0 Å². The smallest absolute Gasteiger partial charge is 0.282 e. The van der Waals surface area contributed by atoms with E-state index < -0.39 is 10.2 Å². The van der Waals surface area contributed by atoms with Gasteiger partial charge in [0.1, 0.15) is 0 Å². The van der Waals surface area contributed by atoms with Crippen molar-refractivity contribution in [3.05, 3.63) is 0 Å². The Hall–Kier alpha value is -0.210. The zero-order chi connectivity index (χ0) is 13.9. The molecule has 2 rings (SSSR count). The number of nitrogens with zero attached hydrogens (tertiary/aromatic N) is 2. The average Bonchev–Trinajstić information content (AvgIpc) is 2.47. The topological polar surface area (TPSA) is 75.9 Å². The van der Waals surface area contributed by atoms with Crippen LogP contribution in [0.25, 0.3) is 0 Å².